The summed E-state index contributed by atoms with van der Waals surface area (Å²) in [5, 5.41) is 7.09. The monoisotopic (exact) mass is 297 g/mol. The van der Waals surface area contributed by atoms with Crippen molar-refractivity contribution >= 4 is 16.9 Å². The summed E-state index contributed by atoms with van der Waals surface area (Å²) < 4.78 is 1.83. The van der Waals surface area contributed by atoms with E-state index in [1.54, 1.807) is 6.20 Å². The molecule has 1 amide bonds. The van der Waals surface area contributed by atoms with E-state index in [1.165, 1.54) is 0 Å². The Balaban J connectivity index is 1.52. The number of carbonyl (C=O) groups excluding carboxylic acids is 1. The fraction of sp³-hybridized carbons (Fsp3) is 0.312. The van der Waals surface area contributed by atoms with Crippen molar-refractivity contribution < 1.29 is 4.79 Å². The van der Waals surface area contributed by atoms with Crippen LogP contribution in [-0.4, -0.2) is 25.7 Å². The second-order valence-corrected chi connectivity index (χ2v) is 5.30. The van der Waals surface area contributed by atoms with Gasteiger partial charge in [-0.2, -0.15) is 5.10 Å². The van der Waals surface area contributed by atoms with Gasteiger partial charge in [-0.05, 0) is 31.5 Å². The molecule has 0 saturated heterocycles. The molecule has 22 heavy (non-hydrogen) atoms. The molecule has 0 aliphatic carbocycles. The van der Waals surface area contributed by atoms with Crippen LogP contribution in [0.15, 0.2) is 42.7 Å². The second kappa shape index (κ2) is 6.43. The molecule has 0 aliphatic heterocycles. The van der Waals surface area contributed by atoms with Gasteiger partial charge in [0, 0.05) is 25.4 Å². The zero-order valence-electron chi connectivity index (χ0n) is 12.5. The number of H-pyrrole nitrogens is 1. The molecule has 2 heterocycles. The smallest absolute Gasteiger partial charge is 0.220 e. The molecule has 0 spiro atoms. The number of imidazole rings is 1. The fourth-order valence-electron chi connectivity index (χ4n) is 2.39. The van der Waals surface area contributed by atoms with Crippen LogP contribution >= 0.6 is 0 Å². The van der Waals surface area contributed by atoms with Gasteiger partial charge in [-0.25, -0.2) is 4.98 Å². The molecule has 0 bridgehead atoms. The van der Waals surface area contributed by atoms with Gasteiger partial charge >= 0.3 is 0 Å². The van der Waals surface area contributed by atoms with Gasteiger partial charge in [0.05, 0.1) is 17.1 Å². The minimum Gasteiger partial charge on any atom is -0.346 e. The van der Waals surface area contributed by atoms with Gasteiger partial charge in [-0.3, -0.25) is 9.48 Å². The zero-order valence-corrected chi connectivity index (χ0v) is 12.5. The summed E-state index contributed by atoms with van der Waals surface area (Å²) in [7, 11) is 0. The fourth-order valence-corrected chi connectivity index (χ4v) is 2.39. The number of nitrogens with one attached hydrogen (secondary N) is 2. The Kier molecular flexibility index (Phi) is 4.18. The number of rotatable bonds is 6. The molecule has 0 saturated carbocycles. The van der Waals surface area contributed by atoms with Crippen LogP contribution in [-0.2, 0) is 11.3 Å². The van der Waals surface area contributed by atoms with E-state index in [4.69, 9.17) is 0 Å². The van der Waals surface area contributed by atoms with Gasteiger partial charge in [0.2, 0.25) is 5.91 Å². The normalized spacial score (nSPS) is 12.4. The summed E-state index contributed by atoms with van der Waals surface area (Å²) in [6, 6.07) is 9.58. The highest BCUT2D eigenvalue weighted by Gasteiger charge is 2.13. The summed E-state index contributed by atoms with van der Waals surface area (Å²) in [5.41, 5.74) is 1.90. The van der Waals surface area contributed by atoms with E-state index in [1.807, 2.05) is 48.1 Å². The molecule has 1 aromatic carbocycles. The first-order chi connectivity index (χ1) is 10.7. The van der Waals surface area contributed by atoms with Crippen molar-refractivity contribution in [2.75, 3.05) is 0 Å². The molecule has 114 valence electrons. The molecule has 0 fully saturated rings. The van der Waals surface area contributed by atoms with Crippen molar-refractivity contribution in [3.8, 4) is 0 Å². The standard InChI is InChI=1S/C16H19N5O/c1-12(16-19-13-6-2-3-7-14(13)20-16)18-15(22)8-4-10-21-11-5-9-17-21/h2-3,5-7,9,11-12H,4,8,10H2,1H3,(H,18,22)(H,19,20)/t12-/m0/s1. The van der Waals surface area contributed by atoms with Crippen LogP contribution in [0, 0.1) is 0 Å². The lowest BCUT2D eigenvalue weighted by Crippen LogP contribution is -2.27. The number of hydrogen-bond acceptors (Lipinski definition) is 3. The van der Waals surface area contributed by atoms with Crippen LogP contribution in [0.2, 0.25) is 0 Å². The number of aryl methyl sites for hydroxylation is 1. The SMILES string of the molecule is C[C@H](NC(=O)CCCn1cccn1)c1nc2ccccc2[nH]1. The number of carbonyl (C=O) groups is 1. The summed E-state index contributed by atoms with van der Waals surface area (Å²) in [5.74, 6) is 0.807. The quantitative estimate of drug-likeness (QED) is 0.733. The summed E-state index contributed by atoms with van der Waals surface area (Å²) in [6.45, 7) is 2.68. The second-order valence-electron chi connectivity index (χ2n) is 5.30. The summed E-state index contributed by atoms with van der Waals surface area (Å²) in [6.07, 6.45) is 4.88. The number of fused-ring (bicyclic) bond motifs is 1. The topological polar surface area (TPSA) is 75.6 Å². The Labute approximate surface area is 128 Å². The van der Waals surface area contributed by atoms with Crippen molar-refractivity contribution in [2.45, 2.75) is 32.4 Å². The van der Waals surface area contributed by atoms with Gasteiger partial charge in [0.1, 0.15) is 5.82 Å². The Morgan fingerprint density at radius 1 is 1.36 bits per heavy atom. The first-order valence-corrected chi connectivity index (χ1v) is 7.44. The predicted molar refractivity (Wildman–Crippen MR) is 84.1 cm³/mol. The molecular formula is C16H19N5O. The first-order valence-electron chi connectivity index (χ1n) is 7.44. The minimum atomic E-state index is -0.135. The van der Waals surface area contributed by atoms with Gasteiger partial charge in [-0.1, -0.05) is 12.1 Å². The number of hydrogen-bond donors (Lipinski definition) is 2. The van der Waals surface area contributed by atoms with Crippen LogP contribution < -0.4 is 5.32 Å². The van der Waals surface area contributed by atoms with E-state index < -0.39 is 0 Å². The van der Waals surface area contributed by atoms with Crippen molar-refractivity contribution in [3.63, 3.8) is 0 Å². The van der Waals surface area contributed by atoms with Crippen molar-refractivity contribution in [1.29, 1.82) is 0 Å². The van der Waals surface area contributed by atoms with Gasteiger partial charge < -0.3 is 10.3 Å². The third-order valence-corrected chi connectivity index (χ3v) is 3.55. The van der Waals surface area contributed by atoms with Gasteiger partial charge in [0.15, 0.2) is 0 Å². The number of nitrogens with zero attached hydrogens (tertiary/aromatic N) is 3. The van der Waals surface area contributed by atoms with E-state index >= 15 is 0 Å². The van der Waals surface area contributed by atoms with Crippen molar-refractivity contribution in [1.82, 2.24) is 25.1 Å². The highest BCUT2D eigenvalue weighted by Crippen LogP contribution is 2.15. The van der Waals surface area contributed by atoms with Crippen LogP contribution in [0.5, 0.6) is 0 Å². The Bertz CT molecular complexity index is 714. The molecule has 6 heteroatoms. The number of para-hydroxylation sites is 2. The third-order valence-electron chi connectivity index (χ3n) is 3.55. The molecule has 0 aliphatic rings. The average molecular weight is 297 g/mol. The van der Waals surface area contributed by atoms with E-state index in [0.717, 1.165) is 29.8 Å². The summed E-state index contributed by atoms with van der Waals surface area (Å²) >= 11 is 0. The molecule has 1 atom stereocenters. The van der Waals surface area contributed by atoms with E-state index in [-0.39, 0.29) is 11.9 Å². The van der Waals surface area contributed by atoms with Crippen molar-refractivity contribution in [2.24, 2.45) is 0 Å². The Morgan fingerprint density at radius 2 is 2.23 bits per heavy atom. The lowest BCUT2D eigenvalue weighted by molar-refractivity contribution is -0.121. The van der Waals surface area contributed by atoms with Gasteiger partial charge in [-0.15, -0.1) is 0 Å². The van der Waals surface area contributed by atoms with Crippen LogP contribution in [0.1, 0.15) is 31.6 Å². The Hall–Kier alpha value is -2.63. The maximum absolute atomic E-state index is 12.0. The molecule has 0 unspecified atom stereocenters. The molecule has 6 nitrogen and oxygen atoms in total. The maximum Gasteiger partial charge on any atom is 0.220 e. The molecule has 2 aromatic heterocycles. The third kappa shape index (κ3) is 3.33. The highest BCUT2D eigenvalue weighted by molar-refractivity contribution is 5.77. The molecule has 3 rings (SSSR count). The van der Waals surface area contributed by atoms with Gasteiger partial charge in [0.25, 0.3) is 0 Å². The van der Waals surface area contributed by atoms with E-state index in [0.29, 0.717) is 6.42 Å². The number of aromatic amines is 1. The maximum atomic E-state index is 12.0. The van der Waals surface area contributed by atoms with E-state index in [9.17, 15) is 4.79 Å². The first kappa shape index (κ1) is 14.3. The van der Waals surface area contributed by atoms with Crippen LogP contribution in [0.4, 0.5) is 0 Å². The molecule has 3 aromatic rings. The summed E-state index contributed by atoms with van der Waals surface area (Å²) in [4.78, 5) is 19.7. The van der Waals surface area contributed by atoms with Crippen LogP contribution in [0.25, 0.3) is 11.0 Å². The van der Waals surface area contributed by atoms with Crippen molar-refractivity contribution in [3.05, 3.63) is 48.5 Å². The molecular weight excluding hydrogens is 278 g/mol. The largest absolute Gasteiger partial charge is 0.346 e. The minimum absolute atomic E-state index is 0.0279. The van der Waals surface area contributed by atoms with Crippen LogP contribution in [0.3, 0.4) is 0 Å². The number of benzene rings is 1. The average Bonchev–Trinajstić information content (AvgIpc) is 3.16. The Morgan fingerprint density at radius 3 is 3.00 bits per heavy atom. The predicted octanol–water partition coefficient (Wildman–Crippen LogP) is 2.42. The van der Waals surface area contributed by atoms with E-state index in [2.05, 4.69) is 20.4 Å². The lowest BCUT2D eigenvalue weighted by atomic mass is 10.2. The molecule has 0 radical (unpaired) electrons. The highest BCUT2D eigenvalue weighted by atomic mass is 16.1. The lowest BCUT2D eigenvalue weighted by Gasteiger charge is -2.11. The number of aromatic nitrogens is 4. The zero-order chi connectivity index (χ0) is 15.4. The number of amides is 1. The molecule has 2 N–H and O–H groups in total.